The van der Waals surface area contributed by atoms with E-state index in [1.807, 2.05) is 6.92 Å². The molecular weight excluding hydrogens is 358 g/mol. The van der Waals surface area contributed by atoms with Crippen LogP contribution in [0.25, 0.3) is 11.5 Å². The molecule has 0 amide bonds. The van der Waals surface area contributed by atoms with Crippen LogP contribution in [0.5, 0.6) is 5.75 Å². The van der Waals surface area contributed by atoms with Gasteiger partial charge in [-0.3, -0.25) is 0 Å². The van der Waals surface area contributed by atoms with Crippen LogP contribution >= 0.6 is 0 Å². The Morgan fingerprint density at radius 1 is 1.38 bits per heavy atom. The lowest BCUT2D eigenvalue weighted by atomic mass is 10.2. The van der Waals surface area contributed by atoms with Crippen LogP contribution in [0.3, 0.4) is 0 Å². The molecule has 0 aliphatic carbocycles. The van der Waals surface area contributed by atoms with E-state index < -0.39 is 10.0 Å². The number of methoxy groups -OCH3 is 1. The normalized spacial score (nSPS) is 17.5. The summed E-state index contributed by atoms with van der Waals surface area (Å²) >= 11 is 0. The van der Waals surface area contributed by atoms with Crippen molar-refractivity contribution in [3.05, 3.63) is 24.0 Å². The van der Waals surface area contributed by atoms with Gasteiger partial charge in [0.1, 0.15) is 5.75 Å². The minimum Gasteiger partial charge on any atom is -0.496 e. The number of ether oxygens (including phenoxy) is 2. The van der Waals surface area contributed by atoms with Crippen LogP contribution in [-0.2, 0) is 21.2 Å². The minimum absolute atomic E-state index is 0.0740. The molecule has 1 aliphatic rings. The van der Waals surface area contributed by atoms with Crippen molar-refractivity contribution in [3.63, 3.8) is 0 Å². The first-order valence-electron chi connectivity index (χ1n) is 8.65. The number of aryl methyl sites for hydroxylation is 1. The average Bonchev–Trinajstić information content (AvgIpc) is 3.32. The molecular formula is C17H23N3O5S. The van der Waals surface area contributed by atoms with E-state index in [9.17, 15) is 8.42 Å². The molecule has 9 heteroatoms. The highest BCUT2D eigenvalue weighted by Crippen LogP contribution is 2.31. The van der Waals surface area contributed by atoms with Crippen molar-refractivity contribution in [2.45, 2.75) is 43.6 Å². The van der Waals surface area contributed by atoms with Crippen molar-refractivity contribution in [3.8, 4) is 17.2 Å². The molecule has 0 bridgehead atoms. The second-order valence-electron chi connectivity index (χ2n) is 6.11. The van der Waals surface area contributed by atoms with Gasteiger partial charge in [0.2, 0.25) is 10.0 Å². The summed E-state index contributed by atoms with van der Waals surface area (Å²) < 4.78 is 43.9. The second kappa shape index (κ2) is 8.15. The van der Waals surface area contributed by atoms with Crippen LogP contribution in [0.15, 0.2) is 27.6 Å². The summed E-state index contributed by atoms with van der Waals surface area (Å²) in [6, 6.07) is 4.56. The summed E-state index contributed by atoms with van der Waals surface area (Å²) in [5.41, 5.74) is 0.447. The van der Waals surface area contributed by atoms with Crippen molar-refractivity contribution < 1.29 is 22.4 Å². The molecule has 2 aromatic rings. The molecule has 1 aliphatic heterocycles. The maximum atomic E-state index is 12.6. The molecule has 1 saturated heterocycles. The quantitative estimate of drug-likeness (QED) is 0.747. The molecule has 1 aromatic carbocycles. The summed E-state index contributed by atoms with van der Waals surface area (Å²) in [7, 11) is -2.18. The first-order chi connectivity index (χ1) is 12.5. The summed E-state index contributed by atoms with van der Waals surface area (Å²) in [5, 5.41) is 3.91. The molecule has 0 radical (unpaired) electrons. The number of nitrogens with zero attached hydrogens (tertiary/aromatic N) is 2. The SMILES string of the molecule is CCCc1noc(-c2cc(S(=O)(=O)NCC3CCCO3)ccc2OC)n1. The first kappa shape index (κ1) is 18.8. The van der Waals surface area contributed by atoms with Crippen molar-refractivity contribution in [2.75, 3.05) is 20.3 Å². The van der Waals surface area contributed by atoms with Gasteiger partial charge in [-0.25, -0.2) is 13.1 Å². The van der Waals surface area contributed by atoms with Crippen LogP contribution in [0.4, 0.5) is 0 Å². The number of hydrogen-bond acceptors (Lipinski definition) is 7. The molecule has 142 valence electrons. The van der Waals surface area contributed by atoms with Crippen LogP contribution in [0.1, 0.15) is 32.0 Å². The monoisotopic (exact) mass is 381 g/mol. The Morgan fingerprint density at radius 3 is 2.92 bits per heavy atom. The number of rotatable bonds is 8. The van der Waals surface area contributed by atoms with Crippen molar-refractivity contribution >= 4 is 10.0 Å². The summed E-state index contributed by atoms with van der Waals surface area (Å²) in [4.78, 5) is 4.43. The largest absolute Gasteiger partial charge is 0.496 e. The molecule has 1 aromatic heterocycles. The molecule has 1 unspecified atom stereocenters. The summed E-state index contributed by atoms with van der Waals surface area (Å²) in [6.45, 7) is 2.95. The van der Waals surface area contributed by atoms with E-state index in [2.05, 4.69) is 14.9 Å². The van der Waals surface area contributed by atoms with Gasteiger partial charge in [0.15, 0.2) is 5.82 Å². The maximum Gasteiger partial charge on any atom is 0.261 e. The lowest BCUT2D eigenvalue weighted by Gasteiger charge is -2.12. The fourth-order valence-electron chi connectivity index (χ4n) is 2.80. The molecule has 0 spiro atoms. The zero-order chi connectivity index (χ0) is 18.6. The lowest BCUT2D eigenvalue weighted by molar-refractivity contribution is 0.114. The van der Waals surface area contributed by atoms with E-state index in [4.69, 9.17) is 14.0 Å². The molecule has 8 nitrogen and oxygen atoms in total. The highest BCUT2D eigenvalue weighted by atomic mass is 32.2. The number of aromatic nitrogens is 2. The Bertz CT molecular complexity index is 844. The third-order valence-corrected chi connectivity index (χ3v) is 5.60. The van der Waals surface area contributed by atoms with Gasteiger partial charge in [-0.15, -0.1) is 0 Å². The van der Waals surface area contributed by atoms with Gasteiger partial charge in [0, 0.05) is 19.6 Å². The third-order valence-electron chi connectivity index (χ3n) is 4.18. The topological polar surface area (TPSA) is 104 Å². The van der Waals surface area contributed by atoms with Gasteiger partial charge in [-0.1, -0.05) is 12.1 Å². The molecule has 3 rings (SSSR count). The average molecular weight is 381 g/mol. The Balaban J connectivity index is 1.85. The van der Waals surface area contributed by atoms with E-state index in [-0.39, 0.29) is 23.4 Å². The Labute approximate surface area is 152 Å². The van der Waals surface area contributed by atoms with E-state index in [1.165, 1.54) is 19.2 Å². The Hall–Kier alpha value is -1.97. The highest BCUT2D eigenvalue weighted by Gasteiger charge is 2.23. The van der Waals surface area contributed by atoms with Gasteiger partial charge in [0.25, 0.3) is 5.89 Å². The summed E-state index contributed by atoms with van der Waals surface area (Å²) in [6.07, 6.45) is 3.31. The predicted molar refractivity (Wildman–Crippen MR) is 94.4 cm³/mol. The van der Waals surface area contributed by atoms with E-state index in [1.54, 1.807) is 6.07 Å². The first-order valence-corrected chi connectivity index (χ1v) is 10.1. The standard InChI is InChI=1S/C17H23N3O5S/c1-3-5-16-19-17(25-20-16)14-10-13(7-8-15(14)23-2)26(21,22)18-11-12-6-4-9-24-12/h7-8,10,12,18H,3-6,9,11H2,1-2H3. The van der Waals surface area contributed by atoms with Crippen LogP contribution < -0.4 is 9.46 Å². The molecule has 2 heterocycles. The fraction of sp³-hybridized carbons (Fsp3) is 0.529. The van der Waals surface area contributed by atoms with Gasteiger partial charge in [-0.05, 0) is 37.5 Å². The van der Waals surface area contributed by atoms with Crippen LogP contribution in [0.2, 0.25) is 0 Å². The van der Waals surface area contributed by atoms with Gasteiger partial charge >= 0.3 is 0 Å². The lowest BCUT2D eigenvalue weighted by Crippen LogP contribution is -2.31. The van der Waals surface area contributed by atoms with E-state index in [0.717, 1.165) is 19.3 Å². The highest BCUT2D eigenvalue weighted by molar-refractivity contribution is 7.89. The Kier molecular flexibility index (Phi) is 5.90. The van der Waals surface area contributed by atoms with E-state index in [0.29, 0.717) is 30.2 Å². The summed E-state index contributed by atoms with van der Waals surface area (Å²) in [5.74, 6) is 1.28. The third kappa shape index (κ3) is 4.22. The van der Waals surface area contributed by atoms with Crippen molar-refractivity contribution in [1.82, 2.24) is 14.9 Å². The molecule has 0 saturated carbocycles. The molecule has 26 heavy (non-hydrogen) atoms. The van der Waals surface area contributed by atoms with Crippen LogP contribution in [0, 0.1) is 0 Å². The van der Waals surface area contributed by atoms with Gasteiger partial charge in [-0.2, -0.15) is 4.98 Å². The van der Waals surface area contributed by atoms with Crippen molar-refractivity contribution in [1.29, 1.82) is 0 Å². The molecule has 1 N–H and O–H groups in total. The number of sulfonamides is 1. The van der Waals surface area contributed by atoms with Crippen LogP contribution in [-0.4, -0.2) is 44.9 Å². The molecule has 1 atom stereocenters. The predicted octanol–water partition coefficient (Wildman–Crippen LogP) is 2.16. The van der Waals surface area contributed by atoms with Gasteiger partial charge in [0.05, 0.1) is 23.7 Å². The minimum atomic E-state index is -3.68. The zero-order valence-corrected chi connectivity index (χ0v) is 15.7. The molecule has 1 fully saturated rings. The zero-order valence-electron chi connectivity index (χ0n) is 14.9. The van der Waals surface area contributed by atoms with Crippen molar-refractivity contribution in [2.24, 2.45) is 0 Å². The number of benzene rings is 1. The van der Waals surface area contributed by atoms with E-state index >= 15 is 0 Å². The smallest absolute Gasteiger partial charge is 0.261 e. The second-order valence-corrected chi connectivity index (χ2v) is 7.88. The number of hydrogen-bond donors (Lipinski definition) is 1. The van der Waals surface area contributed by atoms with Gasteiger partial charge < -0.3 is 14.0 Å². The number of nitrogens with one attached hydrogen (secondary N) is 1. The fourth-order valence-corrected chi connectivity index (χ4v) is 3.89. The Morgan fingerprint density at radius 2 is 2.23 bits per heavy atom. The maximum absolute atomic E-state index is 12.6.